The summed E-state index contributed by atoms with van der Waals surface area (Å²) in [6, 6.07) is 3.77. The van der Waals surface area contributed by atoms with Gasteiger partial charge in [0, 0.05) is 12.2 Å². The third-order valence-electron chi connectivity index (χ3n) is 2.55. The Morgan fingerprint density at radius 3 is 2.56 bits per heavy atom. The van der Waals surface area contributed by atoms with Crippen LogP contribution in [-0.4, -0.2) is 18.5 Å². The first-order valence-electron chi connectivity index (χ1n) is 5.88. The van der Waals surface area contributed by atoms with Gasteiger partial charge in [-0.15, -0.1) is 0 Å². The molecule has 0 N–H and O–H groups in total. The van der Waals surface area contributed by atoms with Gasteiger partial charge in [-0.1, -0.05) is 32.4 Å². The summed E-state index contributed by atoms with van der Waals surface area (Å²) in [7, 11) is 0. The van der Waals surface area contributed by atoms with Crippen LogP contribution in [0, 0.1) is 11.2 Å². The van der Waals surface area contributed by atoms with Crippen LogP contribution in [0.2, 0.25) is 5.02 Å². The zero-order valence-electron chi connectivity index (χ0n) is 11.1. The van der Waals surface area contributed by atoms with Crippen molar-refractivity contribution in [1.29, 1.82) is 0 Å². The number of carbonyl (C=O) groups is 1. The van der Waals surface area contributed by atoms with Crippen molar-refractivity contribution in [3.63, 3.8) is 0 Å². The van der Waals surface area contributed by atoms with E-state index in [-0.39, 0.29) is 21.8 Å². The fraction of sp³-hybridized carbons (Fsp3) is 0.500. The SMILES string of the molecule is CCOC(C(=O)c1cc(F)ccc1Cl)C(C)(C)C. The van der Waals surface area contributed by atoms with Crippen LogP contribution >= 0.6 is 11.6 Å². The molecule has 0 amide bonds. The third kappa shape index (κ3) is 3.53. The highest BCUT2D eigenvalue weighted by atomic mass is 35.5. The molecule has 4 heteroatoms. The highest BCUT2D eigenvalue weighted by Gasteiger charge is 2.33. The lowest BCUT2D eigenvalue weighted by Crippen LogP contribution is -2.37. The molecule has 100 valence electrons. The average Bonchev–Trinajstić information content (AvgIpc) is 2.27. The molecule has 1 rings (SSSR count). The number of Topliss-reactive ketones (excluding diaryl/α,β-unsaturated/α-hetero) is 1. The van der Waals surface area contributed by atoms with Gasteiger partial charge in [0.25, 0.3) is 0 Å². The van der Waals surface area contributed by atoms with E-state index < -0.39 is 11.9 Å². The summed E-state index contributed by atoms with van der Waals surface area (Å²) in [6.45, 7) is 7.94. The molecule has 0 saturated heterocycles. The van der Waals surface area contributed by atoms with E-state index in [9.17, 15) is 9.18 Å². The fourth-order valence-corrected chi connectivity index (χ4v) is 1.92. The van der Waals surface area contributed by atoms with Crippen molar-refractivity contribution in [3.05, 3.63) is 34.6 Å². The van der Waals surface area contributed by atoms with Crippen molar-refractivity contribution in [2.45, 2.75) is 33.8 Å². The van der Waals surface area contributed by atoms with Gasteiger partial charge in [-0.2, -0.15) is 0 Å². The highest BCUT2D eigenvalue weighted by Crippen LogP contribution is 2.28. The third-order valence-corrected chi connectivity index (χ3v) is 2.88. The van der Waals surface area contributed by atoms with Crippen LogP contribution in [0.3, 0.4) is 0 Å². The van der Waals surface area contributed by atoms with E-state index in [4.69, 9.17) is 16.3 Å². The van der Waals surface area contributed by atoms with Crippen LogP contribution in [-0.2, 0) is 4.74 Å². The summed E-state index contributed by atoms with van der Waals surface area (Å²) in [5, 5.41) is 0.246. The van der Waals surface area contributed by atoms with Gasteiger partial charge in [-0.3, -0.25) is 4.79 Å². The molecule has 2 nitrogen and oxygen atoms in total. The van der Waals surface area contributed by atoms with E-state index in [1.165, 1.54) is 12.1 Å². The van der Waals surface area contributed by atoms with Gasteiger partial charge < -0.3 is 4.74 Å². The Morgan fingerprint density at radius 1 is 1.44 bits per heavy atom. The van der Waals surface area contributed by atoms with Crippen LogP contribution in [0.5, 0.6) is 0 Å². The quantitative estimate of drug-likeness (QED) is 0.771. The summed E-state index contributed by atoms with van der Waals surface area (Å²) >= 11 is 5.94. The number of hydrogen-bond donors (Lipinski definition) is 0. The van der Waals surface area contributed by atoms with Crippen molar-refractivity contribution in [1.82, 2.24) is 0 Å². The minimum atomic E-state index is -0.637. The van der Waals surface area contributed by atoms with Crippen molar-refractivity contribution in [2.75, 3.05) is 6.61 Å². The molecule has 1 aromatic rings. The van der Waals surface area contributed by atoms with E-state index in [0.717, 1.165) is 6.07 Å². The maximum atomic E-state index is 13.2. The average molecular weight is 273 g/mol. The highest BCUT2D eigenvalue weighted by molar-refractivity contribution is 6.34. The zero-order chi connectivity index (χ0) is 13.9. The first-order valence-corrected chi connectivity index (χ1v) is 6.26. The lowest BCUT2D eigenvalue weighted by atomic mass is 9.84. The number of ether oxygens (including phenoxy) is 1. The lowest BCUT2D eigenvalue weighted by molar-refractivity contribution is -0.000233. The summed E-state index contributed by atoms with van der Waals surface area (Å²) in [5.41, 5.74) is -0.201. The molecule has 0 spiro atoms. The molecule has 1 aromatic carbocycles. The standard InChI is InChI=1S/C14H18ClFO2/c1-5-18-13(14(2,3)4)12(17)10-8-9(16)6-7-11(10)15/h6-8,13H,5H2,1-4H3. The van der Waals surface area contributed by atoms with E-state index in [0.29, 0.717) is 6.61 Å². The van der Waals surface area contributed by atoms with Crippen LogP contribution < -0.4 is 0 Å². The van der Waals surface area contributed by atoms with Gasteiger partial charge >= 0.3 is 0 Å². The van der Waals surface area contributed by atoms with Crippen LogP contribution in [0.1, 0.15) is 38.1 Å². The fourth-order valence-electron chi connectivity index (χ4n) is 1.71. The Morgan fingerprint density at radius 2 is 2.06 bits per heavy atom. The van der Waals surface area contributed by atoms with Crippen molar-refractivity contribution >= 4 is 17.4 Å². The number of carbonyl (C=O) groups excluding carboxylic acids is 1. The van der Waals surface area contributed by atoms with Gasteiger partial charge in [0.15, 0.2) is 5.78 Å². The molecule has 0 heterocycles. The van der Waals surface area contributed by atoms with Crippen molar-refractivity contribution in [3.8, 4) is 0 Å². The molecule has 0 aliphatic carbocycles. The van der Waals surface area contributed by atoms with E-state index in [1.54, 1.807) is 0 Å². The Bertz CT molecular complexity index is 438. The molecule has 0 radical (unpaired) electrons. The lowest BCUT2D eigenvalue weighted by Gasteiger charge is -2.29. The van der Waals surface area contributed by atoms with Gasteiger partial charge in [-0.25, -0.2) is 4.39 Å². The number of hydrogen-bond acceptors (Lipinski definition) is 2. The molecule has 1 atom stereocenters. The largest absolute Gasteiger partial charge is 0.370 e. The monoisotopic (exact) mass is 272 g/mol. The Labute approximate surface area is 112 Å². The predicted molar refractivity (Wildman–Crippen MR) is 70.6 cm³/mol. The first-order chi connectivity index (χ1) is 8.27. The molecule has 0 fully saturated rings. The number of rotatable bonds is 4. The molecule has 0 aromatic heterocycles. The number of benzene rings is 1. The molecule has 18 heavy (non-hydrogen) atoms. The zero-order valence-corrected chi connectivity index (χ0v) is 11.8. The van der Waals surface area contributed by atoms with Gasteiger partial charge in [0.05, 0.1) is 5.02 Å². The molecule has 1 unspecified atom stereocenters. The summed E-state index contributed by atoms with van der Waals surface area (Å²) in [6.07, 6.45) is -0.637. The Kier molecular flexibility index (Phi) is 4.88. The minimum absolute atomic E-state index is 0.171. The van der Waals surface area contributed by atoms with E-state index in [2.05, 4.69) is 0 Å². The molecule has 0 aliphatic rings. The number of ketones is 1. The normalized spacial score (nSPS) is 13.4. The van der Waals surface area contributed by atoms with Gasteiger partial charge in [0.2, 0.25) is 0 Å². The topological polar surface area (TPSA) is 26.3 Å². The summed E-state index contributed by atoms with van der Waals surface area (Å²) in [4.78, 5) is 12.4. The second kappa shape index (κ2) is 5.81. The second-order valence-corrected chi connectivity index (χ2v) is 5.60. The minimum Gasteiger partial charge on any atom is -0.370 e. The molecular formula is C14H18ClFO2. The first kappa shape index (κ1) is 15.1. The van der Waals surface area contributed by atoms with Crippen LogP contribution in [0.25, 0.3) is 0 Å². The Balaban J connectivity index is 3.13. The summed E-state index contributed by atoms with van der Waals surface area (Å²) < 4.78 is 18.7. The van der Waals surface area contributed by atoms with Crippen molar-refractivity contribution in [2.24, 2.45) is 5.41 Å². The second-order valence-electron chi connectivity index (χ2n) is 5.19. The Hall–Kier alpha value is -0.930. The van der Waals surface area contributed by atoms with E-state index in [1.807, 2.05) is 27.7 Å². The predicted octanol–water partition coefficient (Wildman–Crippen LogP) is 4.11. The van der Waals surface area contributed by atoms with Crippen molar-refractivity contribution < 1.29 is 13.9 Å². The van der Waals surface area contributed by atoms with Gasteiger partial charge in [0.1, 0.15) is 11.9 Å². The summed E-state index contributed by atoms with van der Waals surface area (Å²) in [5.74, 6) is -0.763. The van der Waals surface area contributed by atoms with Crippen LogP contribution in [0.15, 0.2) is 18.2 Å². The smallest absolute Gasteiger partial charge is 0.193 e. The van der Waals surface area contributed by atoms with E-state index >= 15 is 0 Å². The molecule has 0 saturated carbocycles. The number of halogens is 2. The maximum absolute atomic E-state index is 13.2. The molecular weight excluding hydrogens is 255 g/mol. The van der Waals surface area contributed by atoms with Crippen LogP contribution in [0.4, 0.5) is 4.39 Å². The van der Waals surface area contributed by atoms with Gasteiger partial charge in [-0.05, 0) is 30.5 Å². The molecule has 0 bridgehead atoms. The maximum Gasteiger partial charge on any atom is 0.193 e. The molecule has 0 aliphatic heterocycles.